The van der Waals surface area contributed by atoms with Crippen LogP contribution in [0.25, 0.3) is 0 Å². The Morgan fingerprint density at radius 1 is 1.53 bits per heavy atom. The lowest BCUT2D eigenvalue weighted by molar-refractivity contribution is -0.149. The number of carbonyl (C=O) groups is 1. The minimum atomic E-state index is -4.35. The molecule has 1 atom stereocenters. The summed E-state index contributed by atoms with van der Waals surface area (Å²) in [5.41, 5.74) is 0. The maximum Gasteiger partial charge on any atom is 0.398 e. The van der Waals surface area contributed by atoms with Crippen molar-refractivity contribution in [3.8, 4) is 0 Å². The third kappa shape index (κ3) is 3.23. The maximum absolute atomic E-state index is 12.3. The summed E-state index contributed by atoms with van der Waals surface area (Å²) in [5.74, 6) is -2.32. The number of allylic oxidation sites excluding steroid dienone is 3. The minimum Gasteiger partial charge on any atom is -0.547 e. The van der Waals surface area contributed by atoms with Gasteiger partial charge in [-0.2, -0.15) is 13.2 Å². The summed E-state index contributed by atoms with van der Waals surface area (Å²) < 4.78 is 42.0. The van der Waals surface area contributed by atoms with Crippen molar-refractivity contribution in [2.75, 3.05) is 0 Å². The lowest BCUT2D eigenvalue weighted by Gasteiger charge is -2.18. The van der Waals surface area contributed by atoms with E-state index in [9.17, 15) is 18.0 Å². The molecule has 0 amide bonds. The van der Waals surface area contributed by atoms with Crippen LogP contribution in [0.2, 0.25) is 6.04 Å². The summed E-state index contributed by atoms with van der Waals surface area (Å²) in [7, 11) is -0.912. The lowest BCUT2D eigenvalue weighted by atomic mass is 10.0. The second-order valence-corrected chi connectivity index (χ2v) is 4.87. The SMILES string of the molecule is CC[SiH2]OC1=CC(C(F)(F)F)C=CC1=O. The Balaban J connectivity index is 2.76. The first kappa shape index (κ1) is 12.0. The number of carbonyl (C=O) groups excluding carboxylic acids is 1. The Bertz CT molecular complexity index is 307. The molecule has 1 aliphatic carbocycles. The van der Waals surface area contributed by atoms with Crippen molar-refractivity contribution >= 4 is 15.5 Å². The highest BCUT2D eigenvalue weighted by Gasteiger charge is 2.38. The van der Waals surface area contributed by atoms with Gasteiger partial charge >= 0.3 is 6.18 Å². The average molecular weight is 236 g/mol. The van der Waals surface area contributed by atoms with Crippen molar-refractivity contribution in [1.82, 2.24) is 0 Å². The molecule has 6 heteroatoms. The van der Waals surface area contributed by atoms with Crippen LogP contribution in [0.1, 0.15) is 6.92 Å². The summed E-state index contributed by atoms with van der Waals surface area (Å²) in [6, 6.07) is 0.783. The Hall–Kier alpha value is -1.04. The molecule has 0 heterocycles. The van der Waals surface area contributed by atoms with E-state index >= 15 is 0 Å². The van der Waals surface area contributed by atoms with Crippen LogP contribution in [0, 0.1) is 5.92 Å². The van der Waals surface area contributed by atoms with E-state index < -0.39 is 27.6 Å². The second-order valence-electron chi connectivity index (χ2n) is 3.17. The molecule has 0 fully saturated rings. The van der Waals surface area contributed by atoms with Crippen LogP contribution in [-0.2, 0) is 9.22 Å². The Morgan fingerprint density at radius 3 is 2.73 bits per heavy atom. The Labute approximate surface area is 87.7 Å². The number of hydrogen-bond acceptors (Lipinski definition) is 2. The summed E-state index contributed by atoms with van der Waals surface area (Å²) >= 11 is 0. The topological polar surface area (TPSA) is 26.3 Å². The molecule has 0 radical (unpaired) electrons. The van der Waals surface area contributed by atoms with E-state index in [2.05, 4.69) is 0 Å². The van der Waals surface area contributed by atoms with Crippen LogP contribution in [0.3, 0.4) is 0 Å². The van der Waals surface area contributed by atoms with Gasteiger partial charge in [0.25, 0.3) is 0 Å². The highest BCUT2D eigenvalue weighted by Crippen LogP contribution is 2.31. The quantitative estimate of drug-likeness (QED) is 0.697. The number of ketones is 1. The highest BCUT2D eigenvalue weighted by atomic mass is 28.2. The number of hydrogen-bond donors (Lipinski definition) is 0. The summed E-state index contributed by atoms with van der Waals surface area (Å²) in [6.45, 7) is 1.87. The third-order valence-electron chi connectivity index (χ3n) is 1.87. The molecule has 0 spiro atoms. The van der Waals surface area contributed by atoms with Crippen LogP contribution >= 0.6 is 0 Å². The molecule has 2 nitrogen and oxygen atoms in total. The summed E-state index contributed by atoms with van der Waals surface area (Å²) in [5, 5.41) is 0. The van der Waals surface area contributed by atoms with Crippen molar-refractivity contribution in [2.24, 2.45) is 5.92 Å². The van der Waals surface area contributed by atoms with Gasteiger partial charge in [-0.25, -0.2) is 0 Å². The fourth-order valence-corrected chi connectivity index (χ4v) is 1.77. The van der Waals surface area contributed by atoms with Gasteiger partial charge in [-0.15, -0.1) is 0 Å². The molecule has 0 saturated carbocycles. The van der Waals surface area contributed by atoms with Crippen molar-refractivity contribution in [1.29, 1.82) is 0 Å². The zero-order chi connectivity index (χ0) is 11.5. The molecule has 1 rings (SSSR count). The van der Waals surface area contributed by atoms with E-state index in [0.717, 1.165) is 24.3 Å². The van der Waals surface area contributed by atoms with Crippen LogP contribution in [0.15, 0.2) is 24.0 Å². The highest BCUT2D eigenvalue weighted by molar-refractivity contribution is 6.28. The smallest absolute Gasteiger partial charge is 0.398 e. The van der Waals surface area contributed by atoms with Gasteiger partial charge in [-0.3, -0.25) is 4.79 Å². The lowest BCUT2D eigenvalue weighted by Crippen LogP contribution is -2.23. The standard InChI is InChI=1S/C9H11F3O2Si/c1-2-15-14-8-5-6(9(10,11)12)3-4-7(8)13/h3-6H,2,15H2,1H3. The van der Waals surface area contributed by atoms with Crippen LogP contribution in [0.5, 0.6) is 0 Å². The molecule has 1 unspecified atom stereocenters. The first-order valence-electron chi connectivity index (χ1n) is 4.59. The molecular formula is C9H11F3O2Si. The molecule has 15 heavy (non-hydrogen) atoms. The predicted molar refractivity (Wildman–Crippen MR) is 51.9 cm³/mol. The van der Waals surface area contributed by atoms with Crippen LogP contribution in [0.4, 0.5) is 13.2 Å². The van der Waals surface area contributed by atoms with E-state index in [4.69, 9.17) is 4.43 Å². The number of halogens is 3. The largest absolute Gasteiger partial charge is 0.547 e. The van der Waals surface area contributed by atoms with Gasteiger partial charge < -0.3 is 4.43 Å². The van der Waals surface area contributed by atoms with Gasteiger partial charge in [-0.05, 0) is 18.2 Å². The fraction of sp³-hybridized carbons (Fsp3) is 0.444. The average Bonchev–Trinajstić information content (AvgIpc) is 2.15. The molecule has 0 bridgehead atoms. The first-order chi connectivity index (χ1) is 6.95. The molecule has 0 aliphatic heterocycles. The molecule has 0 aromatic rings. The fourth-order valence-electron chi connectivity index (χ4n) is 1.11. The van der Waals surface area contributed by atoms with E-state index in [1.807, 2.05) is 6.92 Å². The zero-order valence-corrected chi connectivity index (χ0v) is 9.59. The predicted octanol–water partition coefficient (Wildman–Crippen LogP) is 1.73. The van der Waals surface area contributed by atoms with E-state index in [0.29, 0.717) is 0 Å². The molecule has 1 aliphatic rings. The monoisotopic (exact) mass is 236 g/mol. The van der Waals surface area contributed by atoms with Crippen molar-refractivity contribution in [3.05, 3.63) is 24.0 Å². The molecule has 84 valence electrons. The van der Waals surface area contributed by atoms with Gasteiger partial charge in [0.15, 0.2) is 0 Å². The summed E-state index contributed by atoms with van der Waals surface area (Å²) in [4.78, 5) is 11.1. The van der Waals surface area contributed by atoms with Gasteiger partial charge in [-0.1, -0.05) is 13.0 Å². The second kappa shape index (κ2) is 4.65. The normalized spacial score (nSPS) is 22.3. The molecular weight excluding hydrogens is 225 g/mol. The van der Waals surface area contributed by atoms with E-state index in [-0.39, 0.29) is 5.76 Å². The molecule has 0 N–H and O–H groups in total. The minimum absolute atomic E-state index is 0.145. The van der Waals surface area contributed by atoms with Gasteiger partial charge in [0.2, 0.25) is 15.5 Å². The first-order valence-corrected chi connectivity index (χ1v) is 6.16. The van der Waals surface area contributed by atoms with Gasteiger partial charge in [0.1, 0.15) is 5.76 Å². The van der Waals surface area contributed by atoms with Crippen molar-refractivity contribution in [3.63, 3.8) is 0 Å². The molecule has 0 aromatic heterocycles. The Morgan fingerprint density at radius 2 is 2.20 bits per heavy atom. The van der Waals surface area contributed by atoms with Crippen LogP contribution < -0.4 is 0 Å². The third-order valence-corrected chi connectivity index (χ3v) is 2.79. The Kier molecular flexibility index (Phi) is 3.73. The van der Waals surface area contributed by atoms with Crippen molar-refractivity contribution < 1.29 is 22.4 Å². The van der Waals surface area contributed by atoms with Crippen molar-refractivity contribution in [2.45, 2.75) is 19.1 Å². The van der Waals surface area contributed by atoms with Crippen LogP contribution in [-0.4, -0.2) is 21.7 Å². The van der Waals surface area contributed by atoms with E-state index in [1.54, 1.807) is 0 Å². The zero-order valence-electron chi connectivity index (χ0n) is 8.17. The van der Waals surface area contributed by atoms with Gasteiger partial charge in [0, 0.05) is 0 Å². The van der Waals surface area contributed by atoms with Gasteiger partial charge in [0.05, 0.1) is 5.92 Å². The summed E-state index contributed by atoms with van der Waals surface area (Å²) in [6.07, 6.45) is -1.72. The molecule has 0 saturated heterocycles. The maximum atomic E-state index is 12.3. The van der Waals surface area contributed by atoms with E-state index in [1.165, 1.54) is 0 Å². The number of rotatable bonds is 3. The molecule has 0 aromatic carbocycles. The number of alkyl halides is 3.